The van der Waals surface area contributed by atoms with Gasteiger partial charge in [-0.15, -0.1) is 0 Å². The van der Waals surface area contributed by atoms with Gasteiger partial charge in [-0.05, 0) is 61.2 Å². The Morgan fingerprint density at radius 1 is 1.00 bits per heavy atom. The topological polar surface area (TPSA) is 74.6 Å². The Balaban J connectivity index is 1.98. The fourth-order valence-electron chi connectivity index (χ4n) is 3.66. The molecule has 0 saturated carbocycles. The van der Waals surface area contributed by atoms with Crippen LogP contribution in [-0.4, -0.2) is 25.3 Å². The molecule has 0 saturated heterocycles. The van der Waals surface area contributed by atoms with Gasteiger partial charge in [0.15, 0.2) is 9.84 Å². The molecule has 4 rings (SSSR count). The predicted molar refractivity (Wildman–Crippen MR) is 120 cm³/mol. The van der Waals surface area contributed by atoms with E-state index < -0.39 is 9.84 Å². The average molecular weight is 458 g/mol. The number of sulfone groups is 1. The number of benzene rings is 2. The molecule has 0 fully saturated rings. The van der Waals surface area contributed by atoms with Gasteiger partial charge in [0.25, 0.3) is 5.56 Å². The molecule has 0 unspecified atom stereocenters. The van der Waals surface area contributed by atoms with E-state index in [1.807, 2.05) is 0 Å². The minimum atomic E-state index is -3.48. The van der Waals surface area contributed by atoms with Crippen molar-refractivity contribution in [3.05, 3.63) is 70.4 Å². The lowest BCUT2D eigenvalue weighted by Crippen LogP contribution is -2.16. The van der Waals surface area contributed by atoms with E-state index >= 15 is 0 Å². The van der Waals surface area contributed by atoms with E-state index in [1.54, 1.807) is 32.3 Å². The van der Waals surface area contributed by atoms with Gasteiger partial charge in [0, 0.05) is 30.4 Å². The number of fused-ring (bicyclic) bond motifs is 4. The average Bonchev–Trinajstić information content (AvgIpc) is 2.76. The third kappa shape index (κ3) is 4.41. The van der Waals surface area contributed by atoms with Gasteiger partial charge in [0.2, 0.25) is 0 Å². The summed E-state index contributed by atoms with van der Waals surface area (Å²) >= 11 is 0. The van der Waals surface area contributed by atoms with Crippen LogP contribution in [0.5, 0.6) is 17.2 Å². The minimum Gasteiger partial charge on any atom is -0.493 e. The molecule has 0 N–H and O–H groups in total. The summed E-state index contributed by atoms with van der Waals surface area (Å²) in [7, 11) is -1.87. The van der Waals surface area contributed by atoms with Crippen LogP contribution in [0.4, 0.5) is 4.39 Å². The van der Waals surface area contributed by atoms with Crippen LogP contribution in [0, 0.1) is 5.82 Å². The molecule has 3 aromatic rings. The summed E-state index contributed by atoms with van der Waals surface area (Å²) in [6.07, 6.45) is 3.65. The predicted octanol–water partition coefficient (Wildman–Crippen LogP) is 4.49. The molecule has 0 amide bonds. The monoisotopic (exact) mass is 457 g/mol. The van der Waals surface area contributed by atoms with E-state index in [1.165, 1.54) is 34.9 Å². The number of hydrogen-bond donors (Lipinski definition) is 0. The summed E-state index contributed by atoms with van der Waals surface area (Å²) in [6, 6.07) is 10.4. The van der Waals surface area contributed by atoms with Crippen molar-refractivity contribution in [3.8, 4) is 28.4 Å². The highest BCUT2D eigenvalue weighted by molar-refractivity contribution is 7.91. The Morgan fingerprint density at radius 3 is 2.56 bits per heavy atom. The molecule has 1 aromatic heterocycles. The Labute approximate surface area is 186 Å². The summed E-state index contributed by atoms with van der Waals surface area (Å²) in [5.41, 5.74) is 1.50. The van der Waals surface area contributed by atoms with Crippen LogP contribution < -0.4 is 15.0 Å². The first-order valence-electron chi connectivity index (χ1n) is 10.5. The highest BCUT2D eigenvalue weighted by Gasteiger charge is 2.21. The van der Waals surface area contributed by atoms with Crippen molar-refractivity contribution in [2.45, 2.75) is 31.1 Å². The number of aryl methyl sites for hydroxylation is 2. The molecular formula is C24H24FNO5S. The standard InChI is InChI=1S/C24H24FNO5S/c1-3-32(28,29)18-8-10-22-19(13-18)20-15-26(2)24(27)14-23(20)30-11-5-4-6-16-12-17(25)7-9-21(16)31-22/h7-10,12-15H,3-6,11H2,1-2H3. The molecular weight excluding hydrogens is 433 g/mol. The number of hydrogen-bond acceptors (Lipinski definition) is 5. The lowest BCUT2D eigenvalue weighted by molar-refractivity contribution is 0.306. The summed E-state index contributed by atoms with van der Waals surface area (Å²) in [6.45, 7) is 1.95. The van der Waals surface area contributed by atoms with Crippen molar-refractivity contribution in [2.24, 2.45) is 7.05 Å². The van der Waals surface area contributed by atoms with E-state index in [9.17, 15) is 17.6 Å². The fourth-order valence-corrected chi connectivity index (χ4v) is 4.57. The summed E-state index contributed by atoms with van der Waals surface area (Å²) in [4.78, 5) is 12.4. The van der Waals surface area contributed by atoms with E-state index in [0.29, 0.717) is 47.8 Å². The van der Waals surface area contributed by atoms with Crippen molar-refractivity contribution < 1.29 is 22.3 Å². The number of aromatic nitrogens is 1. The number of ether oxygens (including phenoxy) is 2. The first kappa shape index (κ1) is 22.1. The van der Waals surface area contributed by atoms with Crippen molar-refractivity contribution >= 4 is 9.84 Å². The highest BCUT2D eigenvalue weighted by atomic mass is 32.2. The lowest BCUT2D eigenvalue weighted by atomic mass is 10.0. The van der Waals surface area contributed by atoms with E-state index in [4.69, 9.17) is 9.47 Å². The molecule has 0 aliphatic carbocycles. The van der Waals surface area contributed by atoms with Crippen molar-refractivity contribution in [1.29, 1.82) is 0 Å². The molecule has 1 aliphatic heterocycles. The number of pyridine rings is 1. The normalized spacial score (nSPS) is 14.0. The summed E-state index contributed by atoms with van der Waals surface area (Å²) in [5, 5.41) is 0. The number of nitrogens with zero attached hydrogens (tertiary/aromatic N) is 1. The molecule has 8 heteroatoms. The third-order valence-corrected chi connectivity index (χ3v) is 7.24. The Hall–Kier alpha value is -3.13. The molecule has 2 aromatic carbocycles. The van der Waals surface area contributed by atoms with Gasteiger partial charge in [-0.3, -0.25) is 4.79 Å². The molecule has 32 heavy (non-hydrogen) atoms. The zero-order chi connectivity index (χ0) is 22.9. The summed E-state index contributed by atoms with van der Waals surface area (Å²) in [5.74, 6) is 0.860. The largest absolute Gasteiger partial charge is 0.493 e. The maximum Gasteiger partial charge on any atom is 0.254 e. The van der Waals surface area contributed by atoms with Gasteiger partial charge in [0.05, 0.1) is 17.3 Å². The maximum absolute atomic E-state index is 13.9. The van der Waals surface area contributed by atoms with Crippen LogP contribution in [0.15, 0.2) is 58.4 Å². The van der Waals surface area contributed by atoms with Gasteiger partial charge in [-0.2, -0.15) is 0 Å². The van der Waals surface area contributed by atoms with E-state index in [2.05, 4.69) is 0 Å². The van der Waals surface area contributed by atoms with E-state index in [-0.39, 0.29) is 22.0 Å². The van der Waals surface area contributed by atoms with Gasteiger partial charge >= 0.3 is 0 Å². The van der Waals surface area contributed by atoms with Crippen LogP contribution in [0.1, 0.15) is 25.3 Å². The zero-order valence-corrected chi connectivity index (χ0v) is 18.7. The Kier molecular flexibility index (Phi) is 6.06. The first-order valence-corrected chi connectivity index (χ1v) is 12.1. The Morgan fingerprint density at radius 2 is 1.78 bits per heavy atom. The van der Waals surface area contributed by atoms with Crippen molar-refractivity contribution in [3.63, 3.8) is 0 Å². The second-order valence-corrected chi connectivity index (χ2v) is 10.00. The molecule has 2 heterocycles. The van der Waals surface area contributed by atoms with Crippen LogP contribution in [0.3, 0.4) is 0 Å². The first-order chi connectivity index (χ1) is 15.3. The maximum atomic E-state index is 13.9. The molecule has 0 atom stereocenters. The number of halogens is 1. The van der Waals surface area contributed by atoms with Crippen LogP contribution >= 0.6 is 0 Å². The van der Waals surface area contributed by atoms with E-state index in [0.717, 1.165) is 12.0 Å². The Bertz CT molecular complexity index is 1330. The highest BCUT2D eigenvalue weighted by Crippen LogP contribution is 2.40. The molecule has 1 aliphatic rings. The molecule has 0 spiro atoms. The second kappa shape index (κ2) is 8.78. The molecule has 6 nitrogen and oxygen atoms in total. The lowest BCUT2D eigenvalue weighted by Gasteiger charge is -2.19. The second-order valence-electron chi connectivity index (χ2n) is 7.72. The van der Waals surface area contributed by atoms with Crippen molar-refractivity contribution in [2.75, 3.05) is 12.4 Å². The van der Waals surface area contributed by atoms with Gasteiger partial charge in [-0.25, -0.2) is 12.8 Å². The van der Waals surface area contributed by atoms with Crippen LogP contribution in [0.25, 0.3) is 11.1 Å². The van der Waals surface area contributed by atoms with Gasteiger partial charge in [-0.1, -0.05) is 6.92 Å². The molecule has 0 bridgehead atoms. The van der Waals surface area contributed by atoms with Gasteiger partial charge < -0.3 is 14.0 Å². The third-order valence-electron chi connectivity index (χ3n) is 5.51. The van der Waals surface area contributed by atoms with Crippen molar-refractivity contribution in [1.82, 2.24) is 4.57 Å². The fraction of sp³-hybridized carbons (Fsp3) is 0.292. The van der Waals surface area contributed by atoms with Gasteiger partial charge in [0.1, 0.15) is 23.1 Å². The SMILES string of the molecule is CCS(=O)(=O)c1ccc2c(c1)-c1cn(C)c(=O)cc1OCCCCc1cc(F)ccc1O2. The minimum absolute atomic E-state index is 0.0502. The van der Waals surface area contributed by atoms with Crippen LogP contribution in [0.2, 0.25) is 0 Å². The summed E-state index contributed by atoms with van der Waals surface area (Å²) < 4.78 is 52.5. The zero-order valence-electron chi connectivity index (χ0n) is 17.9. The quantitative estimate of drug-likeness (QED) is 0.567. The molecule has 168 valence electrons. The smallest absolute Gasteiger partial charge is 0.254 e. The molecule has 0 radical (unpaired) electrons. The number of rotatable bonds is 2. The van der Waals surface area contributed by atoms with Crippen LogP contribution in [-0.2, 0) is 23.3 Å².